The first-order valence-electron chi connectivity index (χ1n) is 11.7. The molecule has 2 atom stereocenters. The molecular weight excluding hydrogens is 396 g/mol. The Kier molecular flexibility index (Phi) is 6.42. The van der Waals surface area contributed by atoms with Crippen LogP contribution in [0.5, 0.6) is 0 Å². The third-order valence-corrected chi connectivity index (χ3v) is 8.01. The number of amides is 2. The maximum Gasteiger partial charge on any atom is 0.410 e. The van der Waals surface area contributed by atoms with Gasteiger partial charge in [0.05, 0.1) is 5.56 Å². The summed E-state index contributed by atoms with van der Waals surface area (Å²) in [4.78, 5) is 30.9. The topological polar surface area (TPSA) is 49.9 Å². The fraction of sp³-hybridized carbons (Fsp3) is 0.750. The van der Waals surface area contributed by atoms with Crippen molar-refractivity contribution in [2.45, 2.75) is 89.7 Å². The van der Waals surface area contributed by atoms with Crippen LogP contribution in [0.25, 0.3) is 0 Å². The summed E-state index contributed by atoms with van der Waals surface area (Å²) >= 11 is 1.72. The highest BCUT2D eigenvalue weighted by Gasteiger charge is 2.36. The summed E-state index contributed by atoms with van der Waals surface area (Å²) < 4.78 is 5.50. The second-order valence-electron chi connectivity index (χ2n) is 10.2. The third-order valence-electron chi connectivity index (χ3n) is 6.92. The quantitative estimate of drug-likeness (QED) is 0.606. The van der Waals surface area contributed by atoms with Crippen molar-refractivity contribution in [2.24, 2.45) is 5.92 Å². The van der Waals surface area contributed by atoms with E-state index in [2.05, 4.69) is 16.3 Å². The Balaban J connectivity index is 1.35. The van der Waals surface area contributed by atoms with E-state index in [1.54, 1.807) is 11.3 Å². The highest BCUT2D eigenvalue weighted by molar-refractivity contribution is 7.10. The van der Waals surface area contributed by atoms with Crippen molar-refractivity contribution in [3.63, 3.8) is 0 Å². The number of ether oxygens (including phenoxy) is 1. The summed E-state index contributed by atoms with van der Waals surface area (Å²) in [6.45, 7) is 8.06. The number of rotatable bonds is 2. The molecule has 1 saturated carbocycles. The summed E-state index contributed by atoms with van der Waals surface area (Å²) in [5.74, 6) is 1.38. The molecule has 6 heteroatoms. The zero-order valence-electron chi connectivity index (χ0n) is 18.7. The first-order valence-corrected chi connectivity index (χ1v) is 12.6. The van der Waals surface area contributed by atoms with Crippen LogP contribution >= 0.6 is 11.3 Å². The van der Waals surface area contributed by atoms with Crippen LogP contribution in [0, 0.1) is 5.92 Å². The van der Waals surface area contributed by atoms with Gasteiger partial charge in [0.1, 0.15) is 5.60 Å². The summed E-state index contributed by atoms with van der Waals surface area (Å²) in [5, 5.41) is 2.06. The van der Waals surface area contributed by atoms with Gasteiger partial charge < -0.3 is 14.5 Å². The Bertz CT molecular complexity index is 759. The summed E-state index contributed by atoms with van der Waals surface area (Å²) in [5.41, 5.74) is 0.415. The number of piperidine rings is 2. The van der Waals surface area contributed by atoms with Gasteiger partial charge in [-0.25, -0.2) is 4.79 Å². The molecule has 0 bridgehead atoms. The minimum Gasteiger partial charge on any atom is -0.444 e. The van der Waals surface area contributed by atoms with Gasteiger partial charge in [-0.15, -0.1) is 11.3 Å². The van der Waals surface area contributed by atoms with Gasteiger partial charge in [0, 0.05) is 35.9 Å². The molecule has 30 heavy (non-hydrogen) atoms. The van der Waals surface area contributed by atoms with E-state index in [0.717, 1.165) is 44.5 Å². The molecule has 2 aliphatic heterocycles. The molecule has 0 aromatic carbocycles. The fourth-order valence-corrected chi connectivity index (χ4v) is 6.45. The van der Waals surface area contributed by atoms with Crippen LogP contribution < -0.4 is 0 Å². The van der Waals surface area contributed by atoms with E-state index in [-0.39, 0.29) is 12.0 Å². The number of thiophene rings is 1. The zero-order valence-corrected chi connectivity index (χ0v) is 19.5. The first kappa shape index (κ1) is 21.7. The molecule has 4 rings (SSSR count). The van der Waals surface area contributed by atoms with Gasteiger partial charge in [0.2, 0.25) is 0 Å². The van der Waals surface area contributed by atoms with E-state index in [9.17, 15) is 9.59 Å². The Labute approximate surface area is 184 Å². The molecule has 166 valence electrons. The second kappa shape index (κ2) is 8.89. The Morgan fingerprint density at radius 3 is 2.43 bits per heavy atom. The summed E-state index contributed by atoms with van der Waals surface area (Å²) in [7, 11) is 0. The van der Waals surface area contributed by atoms with Crippen LogP contribution in [0.15, 0.2) is 11.4 Å². The largest absolute Gasteiger partial charge is 0.444 e. The van der Waals surface area contributed by atoms with Crippen LogP contribution in [0.2, 0.25) is 0 Å². The zero-order chi connectivity index (χ0) is 21.3. The van der Waals surface area contributed by atoms with E-state index in [4.69, 9.17) is 4.74 Å². The lowest BCUT2D eigenvalue weighted by atomic mass is 9.78. The number of fused-ring (bicyclic) bond motifs is 1. The van der Waals surface area contributed by atoms with Gasteiger partial charge >= 0.3 is 6.09 Å². The second-order valence-corrected chi connectivity index (χ2v) is 11.2. The molecule has 1 aromatic heterocycles. The van der Waals surface area contributed by atoms with Crippen molar-refractivity contribution in [1.29, 1.82) is 0 Å². The standard InChI is InChI=1S/C24H36N2O3S/c1-24(2,3)29-23(28)25-13-10-18(11-14-25)21-15-19(16-30-21)22(27)26-12-6-8-17-7-4-5-9-20(17)26/h15-18,20H,4-14H2,1-3H3. The van der Waals surface area contributed by atoms with Gasteiger partial charge in [0.15, 0.2) is 0 Å². The third kappa shape index (κ3) is 4.84. The smallest absolute Gasteiger partial charge is 0.410 e. The molecule has 0 radical (unpaired) electrons. The minimum atomic E-state index is -0.456. The normalized spacial score (nSPS) is 25.7. The van der Waals surface area contributed by atoms with E-state index in [1.165, 1.54) is 37.0 Å². The van der Waals surface area contributed by atoms with Crippen LogP contribution in [-0.4, -0.2) is 53.1 Å². The molecule has 1 aromatic rings. The number of nitrogens with zero attached hydrogens (tertiary/aromatic N) is 2. The number of hydrogen-bond acceptors (Lipinski definition) is 4. The molecule has 2 amide bonds. The lowest BCUT2D eigenvalue weighted by molar-refractivity contribution is 0.0205. The van der Waals surface area contributed by atoms with Crippen LogP contribution in [0.1, 0.15) is 93.3 Å². The molecule has 3 aliphatic rings. The Hall–Kier alpha value is -1.56. The van der Waals surface area contributed by atoms with Crippen LogP contribution in [0.4, 0.5) is 4.79 Å². The van der Waals surface area contributed by atoms with Crippen molar-refractivity contribution in [1.82, 2.24) is 9.80 Å². The molecule has 3 fully saturated rings. The number of likely N-dealkylation sites (tertiary alicyclic amines) is 2. The molecule has 5 nitrogen and oxygen atoms in total. The van der Waals surface area contributed by atoms with E-state index in [0.29, 0.717) is 17.9 Å². The van der Waals surface area contributed by atoms with Crippen molar-refractivity contribution in [3.05, 3.63) is 21.9 Å². The van der Waals surface area contributed by atoms with Crippen molar-refractivity contribution in [3.8, 4) is 0 Å². The van der Waals surface area contributed by atoms with Gasteiger partial charge in [-0.2, -0.15) is 0 Å². The Morgan fingerprint density at radius 1 is 1.00 bits per heavy atom. The lowest BCUT2D eigenvalue weighted by Crippen LogP contribution is -2.49. The Morgan fingerprint density at radius 2 is 1.70 bits per heavy atom. The fourth-order valence-electron chi connectivity index (χ4n) is 5.39. The average Bonchev–Trinajstić information content (AvgIpc) is 3.22. The van der Waals surface area contributed by atoms with E-state index >= 15 is 0 Å². The van der Waals surface area contributed by atoms with E-state index in [1.807, 2.05) is 25.7 Å². The highest BCUT2D eigenvalue weighted by Crippen LogP contribution is 2.37. The lowest BCUT2D eigenvalue weighted by Gasteiger charge is -2.44. The SMILES string of the molecule is CC(C)(C)OC(=O)N1CCC(c2cc(C(=O)N3CCCC4CCCCC43)cs2)CC1. The number of carbonyl (C=O) groups excluding carboxylic acids is 2. The molecule has 2 saturated heterocycles. The molecular formula is C24H36N2O3S. The van der Waals surface area contributed by atoms with Gasteiger partial charge in [-0.05, 0) is 77.2 Å². The van der Waals surface area contributed by atoms with Gasteiger partial charge in [-0.1, -0.05) is 12.8 Å². The predicted octanol–water partition coefficient (Wildman–Crippen LogP) is 5.66. The molecule has 3 heterocycles. The summed E-state index contributed by atoms with van der Waals surface area (Å²) in [6.07, 6.45) is 9.14. The highest BCUT2D eigenvalue weighted by atomic mass is 32.1. The van der Waals surface area contributed by atoms with Crippen molar-refractivity contribution >= 4 is 23.3 Å². The monoisotopic (exact) mass is 432 g/mol. The predicted molar refractivity (Wildman–Crippen MR) is 120 cm³/mol. The van der Waals surface area contributed by atoms with Gasteiger partial charge in [0.25, 0.3) is 5.91 Å². The van der Waals surface area contributed by atoms with Crippen LogP contribution in [-0.2, 0) is 4.74 Å². The van der Waals surface area contributed by atoms with Crippen molar-refractivity contribution < 1.29 is 14.3 Å². The van der Waals surface area contributed by atoms with E-state index < -0.39 is 5.60 Å². The van der Waals surface area contributed by atoms with Crippen LogP contribution in [0.3, 0.4) is 0 Å². The maximum absolute atomic E-state index is 13.3. The minimum absolute atomic E-state index is 0.213. The van der Waals surface area contributed by atoms with Crippen molar-refractivity contribution in [2.75, 3.05) is 19.6 Å². The molecule has 1 aliphatic carbocycles. The molecule has 0 spiro atoms. The number of carbonyl (C=O) groups is 2. The molecule has 0 N–H and O–H groups in total. The average molecular weight is 433 g/mol. The number of hydrogen-bond donors (Lipinski definition) is 0. The maximum atomic E-state index is 13.3. The van der Waals surface area contributed by atoms with Gasteiger partial charge in [-0.3, -0.25) is 4.79 Å². The molecule has 2 unspecified atom stereocenters. The summed E-state index contributed by atoms with van der Waals surface area (Å²) in [6, 6.07) is 2.59. The first-order chi connectivity index (χ1) is 14.3.